The molecule has 1 aromatic carbocycles. The molecule has 1 atom stereocenters. The molecule has 0 radical (unpaired) electrons. The van der Waals surface area contributed by atoms with E-state index in [-0.39, 0.29) is 11.7 Å². The fourth-order valence-electron chi connectivity index (χ4n) is 1.91. The number of methoxy groups -OCH3 is 2. The molecule has 0 amide bonds. The number of hydrogen-bond acceptors (Lipinski definition) is 6. The van der Waals surface area contributed by atoms with Crippen LogP contribution >= 0.6 is 0 Å². The molecule has 116 valence electrons. The van der Waals surface area contributed by atoms with Crippen molar-refractivity contribution in [2.45, 2.75) is 12.5 Å². The number of carbonyl (C=O) groups excluding carboxylic acids is 2. The third-order valence-corrected chi connectivity index (χ3v) is 3.11. The average molecular weight is 305 g/mol. The van der Waals surface area contributed by atoms with Crippen LogP contribution in [0.5, 0.6) is 0 Å². The number of ether oxygens (including phenoxy) is 2. The molecule has 1 aromatic heterocycles. The summed E-state index contributed by atoms with van der Waals surface area (Å²) in [6.45, 7) is 0. The third kappa shape index (κ3) is 3.47. The largest absolute Gasteiger partial charge is 0.465 e. The summed E-state index contributed by atoms with van der Waals surface area (Å²) in [4.78, 5) is 22.7. The molecule has 0 unspecified atom stereocenters. The van der Waals surface area contributed by atoms with Crippen LogP contribution in [-0.4, -0.2) is 47.2 Å². The Morgan fingerprint density at radius 1 is 1.23 bits per heavy atom. The number of benzene rings is 1. The van der Waals surface area contributed by atoms with Gasteiger partial charge in [-0.05, 0) is 17.7 Å². The molecule has 0 spiro atoms. The Bertz CT molecular complexity index is 666. The zero-order valence-corrected chi connectivity index (χ0v) is 12.4. The van der Waals surface area contributed by atoms with Gasteiger partial charge < -0.3 is 15.2 Å². The van der Waals surface area contributed by atoms with Gasteiger partial charge in [0, 0.05) is 6.42 Å². The Morgan fingerprint density at radius 3 is 2.50 bits per heavy atom. The van der Waals surface area contributed by atoms with Gasteiger partial charge in [-0.3, -0.25) is 0 Å². The second kappa shape index (κ2) is 6.81. The number of nitrogens with zero attached hydrogens (tertiary/aromatic N) is 3. The number of rotatable bonds is 5. The lowest BCUT2D eigenvalue weighted by Gasteiger charge is -2.07. The van der Waals surface area contributed by atoms with Crippen molar-refractivity contribution in [3.05, 3.63) is 41.7 Å². The first-order chi connectivity index (χ1) is 10.5. The monoisotopic (exact) mass is 305 g/mol. The molecule has 0 bridgehead atoms. The summed E-state index contributed by atoms with van der Waals surface area (Å²) in [5, 5.41) is 7.60. The highest BCUT2D eigenvalue weighted by molar-refractivity contribution is 5.86. The Hall–Kier alpha value is -2.74. The SMILES string of the molecule is COC(=O)c1cn(-c2ccc(C[C@H]([NH3+])C(=O)OC)cc2)nn1. The van der Waals surface area contributed by atoms with Crippen LogP contribution in [0, 0.1) is 0 Å². The van der Waals surface area contributed by atoms with E-state index in [9.17, 15) is 9.59 Å². The molecule has 3 N–H and O–H groups in total. The van der Waals surface area contributed by atoms with E-state index < -0.39 is 12.0 Å². The normalized spacial score (nSPS) is 11.8. The molecule has 8 nitrogen and oxygen atoms in total. The van der Waals surface area contributed by atoms with Crippen LogP contribution in [0.15, 0.2) is 30.5 Å². The van der Waals surface area contributed by atoms with Gasteiger partial charge in [0.15, 0.2) is 11.7 Å². The Kier molecular flexibility index (Phi) is 4.84. The van der Waals surface area contributed by atoms with E-state index in [1.807, 2.05) is 24.3 Å². The highest BCUT2D eigenvalue weighted by Crippen LogP contribution is 2.11. The second-order valence-corrected chi connectivity index (χ2v) is 4.63. The van der Waals surface area contributed by atoms with Crippen molar-refractivity contribution in [2.75, 3.05) is 14.2 Å². The smallest absolute Gasteiger partial charge is 0.364 e. The topological polar surface area (TPSA) is 111 Å². The quantitative estimate of drug-likeness (QED) is 0.737. The van der Waals surface area contributed by atoms with Gasteiger partial charge in [0.2, 0.25) is 0 Å². The molecule has 1 heterocycles. The van der Waals surface area contributed by atoms with E-state index in [0.717, 1.165) is 11.3 Å². The summed E-state index contributed by atoms with van der Waals surface area (Å²) in [7, 11) is 2.62. The molecule has 0 saturated heterocycles. The highest BCUT2D eigenvalue weighted by atomic mass is 16.5. The molecule has 0 saturated carbocycles. The minimum atomic E-state index is -0.541. The zero-order chi connectivity index (χ0) is 16.1. The molecular weight excluding hydrogens is 288 g/mol. The van der Waals surface area contributed by atoms with Gasteiger partial charge in [0.25, 0.3) is 0 Å². The maximum Gasteiger partial charge on any atom is 0.364 e. The fourth-order valence-corrected chi connectivity index (χ4v) is 1.91. The van der Waals surface area contributed by atoms with Crippen molar-refractivity contribution in [3.63, 3.8) is 0 Å². The lowest BCUT2D eigenvalue weighted by molar-refractivity contribution is -0.407. The summed E-state index contributed by atoms with van der Waals surface area (Å²) in [6, 6.07) is 6.89. The van der Waals surface area contributed by atoms with Gasteiger partial charge in [-0.2, -0.15) is 0 Å². The predicted octanol–water partition coefficient (Wildman–Crippen LogP) is -0.620. The summed E-state index contributed by atoms with van der Waals surface area (Å²) < 4.78 is 10.7. The number of carbonyl (C=O) groups is 2. The number of hydrogen-bond donors (Lipinski definition) is 1. The molecule has 0 aliphatic heterocycles. The molecule has 22 heavy (non-hydrogen) atoms. The standard InChI is InChI=1S/C14H16N4O4/c1-21-13(19)11(15)7-9-3-5-10(6-4-9)18-8-12(16-17-18)14(20)22-2/h3-6,8,11H,7,15H2,1-2H3/p+1/t11-/m0/s1. The van der Waals surface area contributed by atoms with Gasteiger partial charge in [-0.25, -0.2) is 14.3 Å². The fraction of sp³-hybridized carbons (Fsp3) is 0.286. The molecule has 2 aromatic rings. The Labute approximate surface area is 126 Å². The van der Waals surface area contributed by atoms with Crippen molar-refractivity contribution < 1.29 is 24.8 Å². The molecule has 0 aliphatic rings. The molecule has 8 heteroatoms. The predicted molar refractivity (Wildman–Crippen MR) is 75.1 cm³/mol. The Morgan fingerprint density at radius 2 is 1.91 bits per heavy atom. The first kappa shape index (κ1) is 15.6. The van der Waals surface area contributed by atoms with E-state index in [0.29, 0.717) is 6.42 Å². The van der Waals surface area contributed by atoms with Crippen LogP contribution in [0.3, 0.4) is 0 Å². The summed E-state index contributed by atoms with van der Waals surface area (Å²) in [5.41, 5.74) is 5.59. The maximum atomic E-state index is 11.3. The lowest BCUT2D eigenvalue weighted by atomic mass is 10.1. The van der Waals surface area contributed by atoms with Gasteiger partial charge in [0.1, 0.15) is 0 Å². The van der Waals surface area contributed by atoms with E-state index in [2.05, 4.69) is 25.5 Å². The van der Waals surface area contributed by atoms with E-state index in [1.165, 1.54) is 25.1 Å². The number of quaternary nitrogens is 1. The van der Waals surface area contributed by atoms with Crippen LogP contribution in [-0.2, 0) is 20.7 Å². The number of aromatic nitrogens is 3. The number of esters is 2. The van der Waals surface area contributed by atoms with Gasteiger partial charge in [-0.15, -0.1) is 5.10 Å². The molecular formula is C14H17N4O4+. The van der Waals surface area contributed by atoms with Crippen LogP contribution in [0.4, 0.5) is 0 Å². The highest BCUT2D eigenvalue weighted by Gasteiger charge is 2.18. The third-order valence-electron chi connectivity index (χ3n) is 3.11. The Balaban J connectivity index is 2.10. The van der Waals surface area contributed by atoms with Crippen LogP contribution < -0.4 is 5.73 Å². The minimum Gasteiger partial charge on any atom is -0.465 e. The summed E-state index contributed by atoms with van der Waals surface area (Å²) in [5.74, 6) is -0.885. The minimum absolute atomic E-state index is 0.134. The van der Waals surface area contributed by atoms with E-state index >= 15 is 0 Å². The second-order valence-electron chi connectivity index (χ2n) is 4.63. The van der Waals surface area contributed by atoms with E-state index in [4.69, 9.17) is 0 Å². The molecule has 2 rings (SSSR count). The first-order valence-corrected chi connectivity index (χ1v) is 6.56. The first-order valence-electron chi connectivity index (χ1n) is 6.56. The summed E-state index contributed by atoms with van der Waals surface area (Å²) >= 11 is 0. The van der Waals surface area contributed by atoms with Crippen molar-refractivity contribution in [1.29, 1.82) is 0 Å². The average Bonchev–Trinajstić information content (AvgIpc) is 3.03. The molecule has 0 aliphatic carbocycles. The van der Waals surface area contributed by atoms with Crippen LogP contribution in [0.25, 0.3) is 5.69 Å². The van der Waals surface area contributed by atoms with Crippen molar-refractivity contribution in [3.8, 4) is 5.69 Å². The zero-order valence-electron chi connectivity index (χ0n) is 12.4. The van der Waals surface area contributed by atoms with Crippen molar-refractivity contribution in [2.24, 2.45) is 0 Å². The molecule has 0 fully saturated rings. The summed E-state index contributed by atoms with van der Waals surface area (Å²) in [6.07, 6.45) is 1.97. The van der Waals surface area contributed by atoms with Gasteiger partial charge >= 0.3 is 11.9 Å². The van der Waals surface area contributed by atoms with Crippen LogP contribution in [0.1, 0.15) is 16.1 Å². The van der Waals surface area contributed by atoms with Crippen molar-refractivity contribution >= 4 is 11.9 Å². The maximum absolute atomic E-state index is 11.3. The van der Waals surface area contributed by atoms with Crippen molar-refractivity contribution in [1.82, 2.24) is 15.0 Å². The van der Waals surface area contributed by atoms with E-state index in [1.54, 1.807) is 0 Å². The van der Waals surface area contributed by atoms with Crippen LogP contribution in [0.2, 0.25) is 0 Å². The lowest BCUT2D eigenvalue weighted by Crippen LogP contribution is -2.66. The van der Waals surface area contributed by atoms with Gasteiger partial charge in [0.05, 0.1) is 26.1 Å². The van der Waals surface area contributed by atoms with Gasteiger partial charge in [-0.1, -0.05) is 17.3 Å².